The Morgan fingerprint density at radius 3 is 2.20 bits per heavy atom. The van der Waals surface area contributed by atoms with Crippen LogP contribution < -0.4 is 14.4 Å². The first-order valence-corrected chi connectivity index (χ1v) is 12.0. The lowest BCUT2D eigenvalue weighted by Crippen LogP contribution is -2.32. The predicted octanol–water partition coefficient (Wildman–Crippen LogP) is 4.01. The zero-order valence-corrected chi connectivity index (χ0v) is 19.0. The van der Waals surface area contributed by atoms with Crippen LogP contribution in [-0.2, 0) is 16.4 Å². The van der Waals surface area contributed by atoms with E-state index < -0.39 is 10.0 Å². The van der Waals surface area contributed by atoms with Gasteiger partial charge in [-0.2, -0.15) is 0 Å². The van der Waals surface area contributed by atoms with Crippen LogP contribution in [0.2, 0.25) is 0 Å². The molecule has 0 fully saturated rings. The number of nitrogens with zero attached hydrogens (tertiary/aromatic N) is 1. The molecule has 0 aliphatic carbocycles. The number of amides is 1. The summed E-state index contributed by atoms with van der Waals surface area (Å²) in [6.45, 7) is 8.32. The number of carbonyl (C=O) groups excluding carboxylic acids is 1. The number of hydrogen-bond donors (Lipinski definition) is 1. The van der Waals surface area contributed by atoms with Gasteiger partial charge in [-0.15, -0.1) is 0 Å². The van der Waals surface area contributed by atoms with Crippen LogP contribution >= 0.6 is 0 Å². The van der Waals surface area contributed by atoms with Crippen molar-refractivity contribution < 1.29 is 17.9 Å². The molecule has 0 aliphatic rings. The molecule has 1 N–H and O–H groups in total. The Labute approximate surface area is 180 Å². The highest BCUT2D eigenvalue weighted by Crippen LogP contribution is 2.19. The molecule has 2 aromatic carbocycles. The van der Waals surface area contributed by atoms with E-state index >= 15 is 0 Å². The van der Waals surface area contributed by atoms with Crippen LogP contribution in [0.15, 0.2) is 48.5 Å². The third kappa shape index (κ3) is 6.76. The Hall–Kier alpha value is -2.54. The highest BCUT2D eigenvalue weighted by molar-refractivity contribution is 7.92. The van der Waals surface area contributed by atoms with Crippen LogP contribution in [0.4, 0.5) is 5.69 Å². The Balaban J connectivity index is 1.84. The fourth-order valence-electron chi connectivity index (χ4n) is 3.08. The lowest BCUT2D eigenvalue weighted by atomic mass is 10.1. The maximum absolute atomic E-state index is 12.3. The van der Waals surface area contributed by atoms with Gasteiger partial charge in [0.25, 0.3) is 5.91 Å². The molecule has 0 heterocycles. The summed E-state index contributed by atoms with van der Waals surface area (Å²) in [5.41, 5.74) is 2.28. The topological polar surface area (TPSA) is 75.7 Å². The maximum atomic E-state index is 12.3. The third-order valence-electron chi connectivity index (χ3n) is 4.63. The first kappa shape index (κ1) is 23.7. The van der Waals surface area contributed by atoms with Crippen LogP contribution in [0.3, 0.4) is 0 Å². The molecule has 7 heteroatoms. The molecule has 0 spiro atoms. The zero-order valence-electron chi connectivity index (χ0n) is 18.2. The number of hydrogen-bond acceptors (Lipinski definition) is 4. The molecule has 0 radical (unpaired) electrons. The number of carbonyl (C=O) groups is 1. The van der Waals surface area contributed by atoms with Crippen LogP contribution in [-0.4, -0.2) is 39.3 Å². The van der Waals surface area contributed by atoms with Gasteiger partial charge in [-0.1, -0.05) is 12.1 Å². The number of ether oxygens (including phenoxy) is 1. The summed E-state index contributed by atoms with van der Waals surface area (Å²) in [5, 5.41) is 2.92. The minimum Gasteiger partial charge on any atom is -0.491 e. The van der Waals surface area contributed by atoms with E-state index in [1.54, 1.807) is 38.1 Å². The first-order valence-electron chi connectivity index (χ1n) is 10.4. The van der Waals surface area contributed by atoms with Crippen molar-refractivity contribution in [2.24, 2.45) is 0 Å². The van der Waals surface area contributed by atoms with Gasteiger partial charge in [-0.05, 0) is 82.5 Å². The van der Waals surface area contributed by atoms with Gasteiger partial charge >= 0.3 is 0 Å². The summed E-state index contributed by atoms with van der Waals surface area (Å²) in [7, 11) is -3.32. The largest absolute Gasteiger partial charge is 0.491 e. The molecule has 2 rings (SSSR count). The second-order valence-corrected chi connectivity index (χ2v) is 9.46. The van der Waals surface area contributed by atoms with Crippen molar-refractivity contribution in [1.82, 2.24) is 5.32 Å². The first-order chi connectivity index (χ1) is 14.3. The van der Waals surface area contributed by atoms with E-state index in [0.29, 0.717) is 24.3 Å². The van der Waals surface area contributed by atoms with Crippen molar-refractivity contribution in [2.45, 2.75) is 46.6 Å². The lowest BCUT2D eigenvalue weighted by Gasteiger charge is -2.22. The van der Waals surface area contributed by atoms with Crippen molar-refractivity contribution in [3.63, 3.8) is 0 Å². The van der Waals surface area contributed by atoms with E-state index in [1.165, 1.54) is 9.87 Å². The summed E-state index contributed by atoms with van der Waals surface area (Å²) < 4.78 is 31.3. The lowest BCUT2D eigenvalue weighted by molar-refractivity contribution is 0.0953. The Morgan fingerprint density at radius 2 is 1.67 bits per heavy atom. The van der Waals surface area contributed by atoms with Crippen molar-refractivity contribution in [3.05, 3.63) is 59.7 Å². The van der Waals surface area contributed by atoms with Gasteiger partial charge in [0.1, 0.15) is 5.75 Å². The average molecular weight is 433 g/mol. The van der Waals surface area contributed by atoms with Crippen LogP contribution in [0.1, 0.15) is 50.0 Å². The van der Waals surface area contributed by atoms with E-state index in [-0.39, 0.29) is 17.8 Å². The smallest absolute Gasteiger partial charge is 0.251 e. The molecule has 0 saturated carbocycles. The quantitative estimate of drug-likeness (QED) is 0.544. The SMILES string of the molecule is CCN(c1ccc(C(=O)NCCCc2ccc(OC(C)C)cc2)cc1)S(=O)(=O)CC. The molecular formula is C23H32N2O4S. The Morgan fingerprint density at radius 1 is 1.03 bits per heavy atom. The van der Waals surface area contributed by atoms with Crippen molar-refractivity contribution in [1.29, 1.82) is 0 Å². The van der Waals surface area contributed by atoms with Crippen LogP contribution in [0.5, 0.6) is 5.75 Å². The number of benzene rings is 2. The van der Waals surface area contributed by atoms with E-state index in [4.69, 9.17) is 4.74 Å². The van der Waals surface area contributed by atoms with E-state index in [2.05, 4.69) is 5.32 Å². The minimum absolute atomic E-state index is 0.0382. The van der Waals surface area contributed by atoms with Gasteiger partial charge in [-0.25, -0.2) is 8.42 Å². The standard InChI is InChI=1S/C23H32N2O4S/c1-5-25(30(27,28)6-2)21-13-11-20(12-14-21)23(26)24-17-7-8-19-9-15-22(16-10-19)29-18(3)4/h9-16,18H,5-8,17H2,1-4H3,(H,24,26). The second kappa shape index (κ2) is 11.0. The van der Waals surface area contributed by atoms with E-state index in [9.17, 15) is 13.2 Å². The number of aryl methyl sites for hydroxylation is 1. The highest BCUT2D eigenvalue weighted by atomic mass is 32.2. The van der Waals surface area contributed by atoms with E-state index in [1.807, 2.05) is 38.1 Å². The van der Waals surface area contributed by atoms with Gasteiger partial charge in [0.05, 0.1) is 17.5 Å². The molecule has 164 valence electrons. The highest BCUT2D eigenvalue weighted by Gasteiger charge is 2.18. The van der Waals surface area contributed by atoms with Crippen LogP contribution in [0.25, 0.3) is 0 Å². The fraction of sp³-hybridized carbons (Fsp3) is 0.435. The number of anilines is 1. The summed E-state index contributed by atoms with van der Waals surface area (Å²) in [5.74, 6) is 0.735. The van der Waals surface area contributed by atoms with Crippen molar-refractivity contribution in [3.8, 4) is 5.75 Å². The summed E-state index contributed by atoms with van der Waals surface area (Å²) in [4.78, 5) is 12.3. The van der Waals surface area contributed by atoms with E-state index in [0.717, 1.165) is 18.6 Å². The summed E-state index contributed by atoms with van der Waals surface area (Å²) >= 11 is 0. The third-order valence-corrected chi connectivity index (χ3v) is 6.50. The minimum atomic E-state index is -3.32. The predicted molar refractivity (Wildman–Crippen MR) is 122 cm³/mol. The molecule has 2 aromatic rings. The molecule has 6 nitrogen and oxygen atoms in total. The molecule has 0 aliphatic heterocycles. The Kier molecular flexibility index (Phi) is 8.72. The summed E-state index contributed by atoms with van der Waals surface area (Å²) in [6, 6.07) is 14.7. The van der Waals surface area contributed by atoms with Crippen molar-refractivity contribution >= 4 is 21.6 Å². The molecule has 1 amide bonds. The molecular weight excluding hydrogens is 400 g/mol. The second-order valence-electron chi connectivity index (χ2n) is 7.28. The normalized spacial score (nSPS) is 11.4. The molecule has 0 saturated heterocycles. The zero-order chi connectivity index (χ0) is 22.1. The van der Waals surface area contributed by atoms with Gasteiger partial charge in [0.15, 0.2) is 0 Å². The molecule has 0 bridgehead atoms. The van der Waals surface area contributed by atoms with Gasteiger partial charge in [0, 0.05) is 18.7 Å². The molecule has 30 heavy (non-hydrogen) atoms. The molecule has 0 atom stereocenters. The fourth-order valence-corrected chi connectivity index (χ4v) is 4.23. The Bertz CT molecular complexity index is 907. The van der Waals surface area contributed by atoms with Gasteiger partial charge in [0.2, 0.25) is 10.0 Å². The maximum Gasteiger partial charge on any atom is 0.251 e. The number of rotatable bonds is 11. The monoisotopic (exact) mass is 432 g/mol. The van der Waals surface area contributed by atoms with Gasteiger partial charge < -0.3 is 10.1 Å². The van der Waals surface area contributed by atoms with Crippen LogP contribution in [0, 0.1) is 0 Å². The average Bonchev–Trinajstić information content (AvgIpc) is 2.72. The number of nitrogens with one attached hydrogen (secondary N) is 1. The number of sulfonamides is 1. The van der Waals surface area contributed by atoms with Gasteiger partial charge in [-0.3, -0.25) is 9.10 Å². The van der Waals surface area contributed by atoms with Crippen molar-refractivity contribution in [2.75, 3.05) is 23.1 Å². The molecule has 0 aromatic heterocycles. The molecule has 0 unspecified atom stereocenters. The summed E-state index contributed by atoms with van der Waals surface area (Å²) in [6.07, 6.45) is 1.84.